The number of benzene rings is 1. The summed E-state index contributed by atoms with van der Waals surface area (Å²) < 4.78 is 1.25. The second-order valence-electron chi connectivity index (χ2n) is 5.62. The number of aliphatic hydroxyl groups is 1. The molecule has 3 N–H and O–H groups in total. The van der Waals surface area contributed by atoms with Crippen LogP contribution in [-0.2, 0) is 6.54 Å². The van der Waals surface area contributed by atoms with Crippen molar-refractivity contribution in [1.29, 1.82) is 0 Å². The lowest BCUT2D eigenvalue weighted by atomic mass is 9.78. The summed E-state index contributed by atoms with van der Waals surface area (Å²) in [5, 5.41) is 16.0. The fourth-order valence-corrected chi connectivity index (χ4v) is 3.80. The van der Waals surface area contributed by atoms with Crippen LogP contribution in [0.25, 0.3) is 10.1 Å². The Morgan fingerprint density at radius 2 is 2.14 bits per heavy atom. The molecule has 4 nitrogen and oxygen atoms in total. The lowest BCUT2D eigenvalue weighted by Crippen LogP contribution is -2.48. The number of thiophene rings is 1. The number of hydrogen-bond acceptors (Lipinski definition) is 3. The lowest BCUT2D eigenvalue weighted by molar-refractivity contribution is 0.166. The van der Waals surface area contributed by atoms with Crippen molar-refractivity contribution in [2.75, 3.05) is 6.61 Å². The second kappa shape index (κ2) is 6.45. The van der Waals surface area contributed by atoms with Crippen LogP contribution in [0.2, 0.25) is 0 Å². The summed E-state index contributed by atoms with van der Waals surface area (Å²) in [6, 6.07) is 10.5. The molecule has 21 heavy (non-hydrogen) atoms. The van der Waals surface area contributed by atoms with Gasteiger partial charge in [-0.15, -0.1) is 11.3 Å². The van der Waals surface area contributed by atoms with Gasteiger partial charge < -0.3 is 15.7 Å². The Hall–Kier alpha value is -1.59. The number of urea groups is 1. The van der Waals surface area contributed by atoms with E-state index in [4.69, 9.17) is 5.11 Å². The molecule has 0 spiro atoms. The van der Waals surface area contributed by atoms with E-state index < -0.39 is 0 Å². The van der Waals surface area contributed by atoms with Crippen LogP contribution in [0.5, 0.6) is 0 Å². The highest BCUT2D eigenvalue weighted by Gasteiger charge is 2.29. The minimum Gasteiger partial charge on any atom is -0.396 e. The molecule has 0 unspecified atom stereocenters. The number of rotatable bonds is 5. The SMILES string of the molecule is O=C(NCc1cc2ccccc2s1)NC1CC(CCO)C1. The molecule has 1 saturated carbocycles. The van der Waals surface area contributed by atoms with Crippen molar-refractivity contribution in [2.24, 2.45) is 5.92 Å². The maximum Gasteiger partial charge on any atom is 0.315 e. The van der Waals surface area contributed by atoms with Gasteiger partial charge in [-0.2, -0.15) is 0 Å². The lowest BCUT2D eigenvalue weighted by Gasteiger charge is -2.35. The molecule has 2 aromatic rings. The van der Waals surface area contributed by atoms with E-state index in [1.807, 2.05) is 12.1 Å². The number of nitrogens with one attached hydrogen (secondary N) is 2. The van der Waals surface area contributed by atoms with E-state index in [0.29, 0.717) is 12.5 Å². The molecule has 1 heterocycles. The van der Waals surface area contributed by atoms with Gasteiger partial charge in [0.1, 0.15) is 0 Å². The van der Waals surface area contributed by atoms with Crippen molar-refractivity contribution in [1.82, 2.24) is 10.6 Å². The summed E-state index contributed by atoms with van der Waals surface area (Å²) >= 11 is 1.71. The molecule has 0 bridgehead atoms. The smallest absolute Gasteiger partial charge is 0.315 e. The van der Waals surface area contributed by atoms with Crippen LogP contribution in [-0.4, -0.2) is 23.8 Å². The highest BCUT2D eigenvalue weighted by atomic mass is 32.1. The highest BCUT2D eigenvalue weighted by molar-refractivity contribution is 7.19. The quantitative estimate of drug-likeness (QED) is 0.795. The van der Waals surface area contributed by atoms with Crippen LogP contribution >= 0.6 is 11.3 Å². The molecule has 1 aromatic heterocycles. The van der Waals surface area contributed by atoms with Gasteiger partial charge in [0.05, 0.1) is 6.54 Å². The van der Waals surface area contributed by atoms with Gasteiger partial charge in [0.25, 0.3) is 0 Å². The van der Waals surface area contributed by atoms with Gasteiger partial charge in [0, 0.05) is 22.2 Å². The third-order valence-corrected chi connectivity index (χ3v) is 5.12. The first kappa shape index (κ1) is 14.4. The Bertz CT molecular complexity index is 587. The van der Waals surface area contributed by atoms with Crippen molar-refractivity contribution in [3.05, 3.63) is 35.2 Å². The molecule has 112 valence electrons. The summed E-state index contributed by atoms with van der Waals surface area (Å²) in [5.41, 5.74) is 0. The van der Waals surface area contributed by atoms with E-state index in [9.17, 15) is 4.79 Å². The van der Waals surface area contributed by atoms with Gasteiger partial charge in [-0.3, -0.25) is 0 Å². The normalized spacial score (nSPS) is 21.0. The molecule has 0 atom stereocenters. The predicted octanol–water partition coefficient (Wildman–Crippen LogP) is 2.86. The minimum absolute atomic E-state index is 0.0973. The van der Waals surface area contributed by atoms with E-state index >= 15 is 0 Å². The number of aliphatic hydroxyl groups excluding tert-OH is 1. The summed E-state index contributed by atoms with van der Waals surface area (Å²) in [6.07, 6.45) is 2.81. The van der Waals surface area contributed by atoms with Gasteiger partial charge in [-0.25, -0.2) is 4.79 Å². The third kappa shape index (κ3) is 3.54. The maximum absolute atomic E-state index is 11.8. The van der Waals surface area contributed by atoms with Gasteiger partial charge in [-0.05, 0) is 42.7 Å². The molecule has 1 aliphatic carbocycles. The summed E-state index contributed by atoms with van der Waals surface area (Å²) in [7, 11) is 0. The van der Waals surface area contributed by atoms with Crippen LogP contribution in [0.3, 0.4) is 0 Å². The molecule has 2 amide bonds. The first-order chi connectivity index (χ1) is 10.2. The Kier molecular flexibility index (Phi) is 4.41. The Morgan fingerprint density at radius 1 is 1.33 bits per heavy atom. The van der Waals surface area contributed by atoms with Gasteiger partial charge in [0.2, 0.25) is 0 Å². The topological polar surface area (TPSA) is 61.4 Å². The predicted molar refractivity (Wildman–Crippen MR) is 85.4 cm³/mol. The van der Waals surface area contributed by atoms with Crippen LogP contribution in [0.1, 0.15) is 24.1 Å². The Morgan fingerprint density at radius 3 is 2.90 bits per heavy atom. The van der Waals surface area contributed by atoms with Crippen LogP contribution in [0, 0.1) is 5.92 Å². The first-order valence-electron chi connectivity index (χ1n) is 7.37. The van der Waals surface area contributed by atoms with Crippen molar-refractivity contribution >= 4 is 27.5 Å². The Labute approximate surface area is 128 Å². The fourth-order valence-electron chi connectivity index (χ4n) is 2.80. The molecule has 1 aliphatic rings. The minimum atomic E-state index is -0.0973. The Balaban J connectivity index is 1.43. The zero-order valence-corrected chi connectivity index (χ0v) is 12.7. The average Bonchev–Trinajstić information content (AvgIpc) is 2.86. The molecule has 3 rings (SSSR count). The standard InChI is InChI=1S/C16H20N2O2S/c19-6-5-11-7-13(8-11)18-16(20)17-10-14-9-12-3-1-2-4-15(12)21-14/h1-4,9,11,13,19H,5-8,10H2,(H2,17,18,20). The van der Waals surface area contributed by atoms with Crippen molar-refractivity contribution in [3.63, 3.8) is 0 Å². The number of carbonyl (C=O) groups is 1. The van der Waals surface area contributed by atoms with E-state index in [0.717, 1.165) is 24.1 Å². The van der Waals surface area contributed by atoms with Crippen LogP contribution in [0.4, 0.5) is 4.79 Å². The first-order valence-corrected chi connectivity index (χ1v) is 8.19. The van der Waals surface area contributed by atoms with Gasteiger partial charge >= 0.3 is 6.03 Å². The molecule has 0 radical (unpaired) electrons. The van der Waals surface area contributed by atoms with E-state index in [1.165, 1.54) is 10.1 Å². The zero-order valence-electron chi connectivity index (χ0n) is 11.8. The second-order valence-corrected chi connectivity index (χ2v) is 6.79. The summed E-state index contributed by atoms with van der Waals surface area (Å²) in [6.45, 7) is 0.813. The van der Waals surface area contributed by atoms with E-state index in [2.05, 4.69) is 28.8 Å². The van der Waals surface area contributed by atoms with Crippen molar-refractivity contribution in [2.45, 2.75) is 31.8 Å². The van der Waals surface area contributed by atoms with Crippen molar-refractivity contribution in [3.8, 4) is 0 Å². The highest BCUT2D eigenvalue weighted by Crippen LogP contribution is 2.30. The molecule has 5 heteroatoms. The molecular formula is C16H20N2O2S. The summed E-state index contributed by atoms with van der Waals surface area (Å²) in [4.78, 5) is 13.0. The van der Waals surface area contributed by atoms with Gasteiger partial charge in [0.15, 0.2) is 0 Å². The molecule has 1 aromatic carbocycles. The molecule has 0 saturated heterocycles. The van der Waals surface area contributed by atoms with Gasteiger partial charge in [-0.1, -0.05) is 18.2 Å². The zero-order chi connectivity index (χ0) is 14.7. The molecule has 0 aliphatic heterocycles. The van der Waals surface area contributed by atoms with Crippen LogP contribution in [0.15, 0.2) is 30.3 Å². The average molecular weight is 304 g/mol. The monoisotopic (exact) mass is 304 g/mol. The maximum atomic E-state index is 11.8. The number of hydrogen-bond donors (Lipinski definition) is 3. The number of amides is 2. The van der Waals surface area contributed by atoms with E-state index in [-0.39, 0.29) is 18.7 Å². The van der Waals surface area contributed by atoms with E-state index in [1.54, 1.807) is 11.3 Å². The fraction of sp³-hybridized carbons (Fsp3) is 0.438. The van der Waals surface area contributed by atoms with Crippen molar-refractivity contribution < 1.29 is 9.90 Å². The largest absolute Gasteiger partial charge is 0.396 e. The molecular weight excluding hydrogens is 284 g/mol. The summed E-state index contributed by atoms with van der Waals surface area (Å²) in [5.74, 6) is 0.572. The van der Waals surface area contributed by atoms with Crippen LogP contribution < -0.4 is 10.6 Å². The molecule has 1 fully saturated rings. The number of carbonyl (C=O) groups excluding carboxylic acids is 1. The number of fused-ring (bicyclic) bond motifs is 1. The third-order valence-electron chi connectivity index (χ3n) is 4.01.